The largest absolute Gasteiger partial charge is 0.376 e. The van der Waals surface area contributed by atoms with Crippen LogP contribution in [0.2, 0.25) is 0 Å². The molecule has 2 aliphatic rings. The molecule has 26 heavy (non-hydrogen) atoms. The molecule has 2 aliphatic heterocycles. The number of fused-ring (bicyclic) bond motifs is 1. The molecule has 0 spiro atoms. The lowest BCUT2D eigenvalue weighted by Crippen LogP contribution is -2.55. The van der Waals surface area contributed by atoms with Crippen LogP contribution in [0.15, 0.2) is 65.6 Å². The molecule has 0 amide bonds. The van der Waals surface area contributed by atoms with Crippen LogP contribution in [0.3, 0.4) is 0 Å². The molecule has 2 aromatic carbocycles. The smallest absolute Gasteiger partial charge is 0.184 e. The fourth-order valence-electron chi connectivity index (χ4n) is 3.45. The third kappa shape index (κ3) is 4.13. The molecule has 0 aliphatic carbocycles. The molecule has 2 saturated heterocycles. The molecule has 5 heteroatoms. The molecule has 0 unspecified atom stereocenters. The van der Waals surface area contributed by atoms with E-state index in [-0.39, 0.29) is 30.0 Å². The molecule has 0 radical (unpaired) electrons. The van der Waals surface area contributed by atoms with Gasteiger partial charge < -0.3 is 18.9 Å². The van der Waals surface area contributed by atoms with Gasteiger partial charge in [0.1, 0.15) is 17.6 Å². The summed E-state index contributed by atoms with van der Waals surface area (Å²) in [6, 6.07) is 20.4. The molecular formula is C21H24O4S. The Balaban J connectivity index is 1.46. The van der Waals surface area contributed by atoms with Crippen molar-refractivity contribution in [2.75, 3.05) is 13.2 Å². The van der Waals surface area contributed by atoms with Gasteiger partial charge in [0.05, 0.1) is 12.7 Å². The first-order valence-corrected chi connectivity index (χ1v) is 10.0. The summed E-state index contributed by atoms with van der Waals surface area (Å²) in [4.78, 5) is 1.20. The highest BCUT2D eigenvalue weighted by atomic mass is 32.2. The van der Waals surface area contributed by atoms with Crippen molar-refractivity contribution in [1.82, 2.24) is 0 Å². The third-order valence-corrected chi connectivity index (χ3v) is 5.75. The summed E-state index contributed by atoms with van der Waals surface area (Å²) in [6.07, 6.45) is 0.233. The Labute approximate surface area is 158 Å². The molecule has 2 heterocycles. The summed E-state index contributed by atoms with van der Waals surface area (Å²) in [7, 11) is 0. The minimum Gasteiger partial charge on any atom is -0.376 e. The summed E-state index contributed by atoms with van der Waals surface area (Å²) in [6.45, 7) is 3.20. The first-order valence-electron chi connectivity index (χ1n) is 9.14. The van der Waals surface area contributed by atoms with Crippen LogP contribution in [-0.2, 0) is 18.9 Å². The maximum Gasteiger partial charge on any atom is 0.184 e. The average molecular weight is 372 g/mol. The Morgan fingerprint density at radius 3 is 2.46 bits per heavy atom. The van der Waals surface area contributed by atoms with Gasteiger partial charge in [0.2, 0.25) is 0 Å². The van der Waals surface area contributed by atoms with Gasteiger partial charge in [-0.25, -0.2) is 0 Å². The van der Waals surface area contributed by atoms with Gasteiger partial charge in [-0.15, -0.1) is 0 Å². The van der Waals surface area contributed by atoms with Crippen molar-refractivity contribution in [3.63, 3.8) is 0 Å². The molecule has 0 bridgehead atoms. The first kappa shape index (κ1) is 18.0. The Morgan fingerprint density at radius 2 is 1.73 bits per heavy atom. The van der Waals surface area contributed by atoms with Crippen molar-refractivity contribution >= 4 is 11.8 Å². The van der Waals surface area contributed by atoms with Crippen LogP contribution in [0.1, 0.15) is 25.2 Å². The fraction of sp³-hybridized carbons (Fsp3) is 0.429. The minimum absolute atomic E-state index is 0.00933. The predicted molar refractivity (Wildman–Crippen MR) is 101 cm³/mol. The SMILES string of the molecule is CCO[C@@H]1C[C@H](Sc2ccccc2)O[C@@H]2CO[C@@H](c3ccccc3)O[C@@H]12. The van der Waals surface area contributed by atoms with E-state index in [9.17, 15) is 0 Å². The van der Waals surface area contributed by atoms with Gasteiger partial charge in [0.25, 0.3) is 0 Å². The standard InChI is InChI=1S/C21H24O4S/c1-2-22-17-13-19(26-16-11-7-4-8-12-16)24-18-14-23-21(25-20(17)18)15-9-5-3-6-10-15/h3-12,17-21H,2,13-14H2,1H3/t17-,18-,19+,20+,21-/m1/s1. The number of rotatable bonds is 5. The molecule has 2 fully saturated rings. The van der Waals surface area contributed by atoms with E-state index in [1.54, 1.807) is 11.8 Å². The molecule has 0 aromatic heterocycles. The lowest BCUT2D eigenvalue weighted by Gasteiger charge is -2.45. The molecule has 0 N–H and O–H groups in total. The van der Waals surface area contributed by atoms with Gasteiger partial charge in [-0.05, 0) is 19.1 Å². The zero-order valence-electron chi connectivity index (χ0n) is 14.8. The van der Waals surface area contributed by atoms with Crippen molar-refractivity contribution < 1.29 is 18.9 Å². The van der Waals surface area contributed by atoms with E-state index in [0.717, 1.165) is 12.0 Å². The lowest BCUT2D eigenvalue weighted by atomic mass is 10.0. The van der Waals surface area contributed by atoms with E-state index < -0.39 is 0 Å². The van der Waals surface area contributed by atoms with Gasteiger partial charge in [0.15, 0.2) is 6.29 Å². The second-order valence-corrected chi connectivity index (χ2v) is 7.67. The molecule has 0 saturated carbocycles. The van der Waals surface area contributed by atoms with Crippen LogP contribution >= 0.6 is 11.8 Å². The van der Waals surface area contributed by atoms with Crippen LogP contribution < -0.4 is 0 Å². The van der Waals surface area contributed by atoms with Crippen LogP contribution in [0.5, 0.6) is 0 Å². The van der Waals surface area contributed by atoms with Crippen LogP contribution in [-0.4, -0.2) is 37.0 Å². The van der Waals surface area contributed by atoms with E-state index in [2.05, 4.69) is 12.1 Å². The van der Waals surface area contributed by atoms with E-state index in [1.165, 1.54) is 4.90 Å². The maximum absolute atomic E-state index is 6.29. The Bertz CT molecular complexity index is 681. The molecule has 4 rings (SSSR count). The van der Waals surface area contributed by atoms with Gasteiger partial charge in [-0.2, -0.15) is 0 Å². The highest BCUT2D eigenvalue weighted by Gasteiger charge is 2.45. The highest BCUT2D eigenvalue weighted by molar-refractivity contribution is 7.99. The van der Waals surface area contributed by atoms with Crippen LogP contribution in [0.25, 0.3) is 0 Å². The van der Waals surface area contributed by atoms with E-state index in [4.69, 9.17) is 18.9 Å². The van der Waals surface area contributed by atoms with E-state index in [1.807, 2.05) is 55.5 Å². The van der Waals surface area contributed by atoms with Gasteiger partial charge in [0, 0.05) is 23.5 Å². The van der Waals surface area contributed by atoms with E-state index in [0.29, 0.717) is 13.2 Å². The zero-order chi connectivity index (χ0) is 17.8. The third-order valence-electron chi connectivity index (χ3n) is 4.64. The Morgan fingerprint density at radius 1 is 1.00 bits per heavy atom. The van der Waals surface area contributed by atoms with Crippen molar-refractivity contribution in [2.24, 2.45) is 0 Å². The zero-order valence-corrected chi connectivity index (χ0v) is 15.6. The van der Waals surface area contributed by atoms with Crippen molar-refractivity contribution in [1.29, 1.82) is 0 Å². The molecule has 4 nitrogen and oxygen atoms in total. The number of thioether (sulfide) groups is 1. The first-order chi connectivity index (χ1) is 12.8. The summed E-state index contributed by atoms with van der Waals surface area (Å²) < 4.78 is 24.5. The predicted octanol–water partition coefficient (Wildman–Crippen LogP) is 4.41. The Kier molecular flexibility index (Phi) is 5.92. The average Bonchev–Trinajstić information content (AvgIpc) is 2.69. The Hall–Kier alpha value is -1.37. The lowest BCUT2D eigenvalue weighted by molar-refractivity contribution is -0.306. The second kappa shape index (κ2) is 8.55. The van der Waals surface area contributed by atoms with Crippen LogP contribution in [0.4, 0.5) is 0 Å². The topological polar surface area (TPSA) is 36.9 Å². The number of ether oxygens (including phenoxy) is 4. The summed E-state index contributed by atoms with van der Waals surface area (Å²) >= 11 is 1.73. The fourth-order valence-corrected chi connectivity index (χ4v) is 4.56. The second-order valence-electron chi connectivity index (χ2n) is 6.44. The van der Waals surface area contributed by atoms with Gasteiger partial charge >= 0.3 is 0 Å². The molecule has 138 valence electrons. The summed E-state index contributed by atoms with van der Waals surface area (Å²) in [5, 5.41) is 0. The molecule has 5 atom stereocenters. The van der Waals surface area contributed by atoms with Crippen molar-refractivity contribution in [3.05, 3.63) is 66.2 Å². The van der Waals surface area contributed by atoms with Gasteiger partial charge in [-0.3, -0.25) is 0 Å². The van der Waals surface area contributed by atoms with Crippen molar-refractivity contribution in [2.45, 2.75) is 48.3 Å². The molecular weight excluding hydrogens is 348 g/mol. The number of hydrogen-bond acceptors (Lipinski definition) is 5. The normalized spacial score (nSPS) is 31.3. The number of benzene rings is 2. The maximum atomic E-state index is 6.29. The minimum atomic E-state index is -0.359. The monoisotopic (exact) mass is 372 g/mol. The summed E-state index contributed by atoms with van der Waals surface area (Å²) in [5.41, 5.74) is 1.07. The summed E-state index contributed by atoms with van der Waals surface area (Å²) in [5.74, 6) is 0. The van der Waals surface area contributed by atoms with Crippen molar-refractivity contribution in [3.8, 4) is 0 Å². The highest BCUT2D eigenvalue weighted by Crippen LogP contribution is 2.39. The quantitative estimate of drug-likeness (QED) is 0.777. The van der Waals surface area contributed by atoms with E-state index >= 15 is 0 Å². The molecule has 2 aromatic rings. The number of hydrogen-bond donors (Lipinski definition) is 0. The van der Waals surface area contributed by atoms with Gasteiger partial charge in [-0.1, -0.05) is 60.3 Å². The van der Waals surface area contributed by atoms with Crippen LogP contribution in [0, 0.1) is 0 Å².